The van der Waals surface area contributed by atoms with Crippen LogP contribution >= 0.6 is 11.6 Å². The van der Waals surface area contributed by atoms with Crippen LogP contribution in [0.3, 0.4) is 0 Å². The number of hydrogen-bond donors (Lipinski definition) is 1. The van der Waals surface area contributed by atoms with Crippen molar-refractivity contribution in [1.29, 1.82) is 0 Å². The molecule has 0 spiro atoms. The van der Waals surface area contributed by atoms with Crippen LogP contribution < -0.4 is 5.32 Å². The molecule has 0 aliphatic carbocycles. The molecule has 0 aliphatic rings. The molecule has 1 heterocycles. The summed E-state index contributed by atoms with van der Waals surface area (Å²) in [5.74, 6) is 0.539. The Morgan fingerprint density at radius 3 is 2.41 bits per heavy atom. The predicted molar refractivity (Wildman–Crippen MR) is 106 cm³/mol. The predicted octanol–water partition coefficient (Wildman–Crippen LogP) is 5.18. The smallest absolute Gasteiger partial charge is 0.253 e. The van der Waals surface area contributed by atoms with Gasteiger partial charge in [0.1, 0.15) is 6.04 Å². The van der Waals surface area contributed by atoms with Gasteiger partial charge in [-0.3, -0.25) is 4.79 Å². The average Bonchev–Trinajstić information content (AvgIpc) is 3.11. The molecule has 2 aromatic carbocycles. The van der Waals surface area contributed by atoms with E-state index in [4.69, 9.17) is 16.1 Å². The Morgan fingerprint density at radius 1 is 1.11 bits per heavy atom. The molecule has 5 nitrogen and oxygen atoms in total. The Labute approximate surface area is 163 Å². The van der Waals surface area contributed by atoms with Crippen LogP contribution in [0.4, 0.5) is 0 Å². The topological polar surface area (TPSA) is 68.0 Å². The van der Waals surface area contributed by atoms with E-state index in [1.807, 2.05) is 12.1 Å². The first-order valence-corrected chi connectivity index (χ1v) is 9.13. The maximum Gasteiger partial charge on any atom is 0.253 e. The van der Waals surface area contributed by atoms with Crippen LogP contribution in [0.2, 0.25) is 5.02 Å². The highest BCUT2D eigenvalue weighted by atomic mass is 35.5. The lowest BCUT2D eigenvalue weighted by atomic mass is 9.87. The molecule has 0 radical (unpaired) electrons. The zero-order valence-electron chi connectivity index (χ0n) is 15.8. The normalized spacial score (nSPS) is 12.6. The van der Waals surface area contributed by atoms with E-state index in [1.54, 1.807) is 31.2 Å². The number of benzene rings is 2. The fourth-order valence-corrected chi connectivity index (χ4v) is 2.85. The minimum atomic E-state index is -0.441. The lowest BCUT2D eigenvalue weighted by Crippen LogP contribution is -2.27. The molecule has 0 fully saturated rings. The highest BCUT2D eigenvalue weighted by Crippen LogP contribution is 2.25. The van der Waals surface area contributed by atoms with Crippen molar-refractivity contribution >= 4 is 17.5 Å². The summed E-state index contributed by atoms with van der Waals surface area (Å²) in [6.07, 6.45) is 0. The Morgan fingerprint density at radius 2 is 1.78 bits per heavy atom. The van der Waals surface area contributed by atoms with Gasteiger partial charge in [-0.25, -0.2) is 0 Å². The van der Waals surface area contributed by atoms with E-state index in [2.05, 4.69) is 48.4 Å². The summed E-state index contributed by atoms with van der Waals surface area (Å²) < 4.78 is 5.34. The van der Waals surface area contributed by atoms with Crippen molar-refractivity contribution in [2.45, 2.75) is 39.2 Å². The molecule has 1 N–H and O–H groups in total. The van der Waals surface area contributed by atoms with Gasteiger partial charge in [-0.2, -0.15) is 4.98 Å². The van der Waals surface area contributed by atoms with Crippen LogP contribution in [-0.2, 0) is 5.41 Å². The number of carbonyl (C=O) groups is 1. The fourth-order valence-electron chi connectivity index (χ4n) is 2.63. The van der Waals surface area contributed by atoms with E-state index in [9.17, 15) is 4.79 Å². The zero-order chi connectivity index (χ0) is 19.6. The fraction of sp³-hybridized carbons (Fsp3) is 0.286. The van der Waals surface area contributed by atoms with Gasteiger partial charge in [-0.1, -0.05) is 73.9 Å². The molecule has 1 atom stereocenters. The first-order chi connectivity index (χ1) is 12.8. The largest absolute Gasteiger partial charge is 0.340 e. The van der Waals surface area contributed by atoms with Crippen molar-refractivity contribution in [3.63, 3.8) is 0 Å². The molecule has 27 heavy (non-hydrogen) atoms. The van der Waals surface area contributed by atoms with E-state index < -0.39 is 6.04 Å². The van der Waals surface area contributed by atoms with E-state index in [1.165, 1.54) is 5.56 Å². The van der Waals surface area contributed by atoms with Crippen LogP contribution in [0.15, 0.2) is 53.1 Å². The number of halogens is 1. The lowest BCUT2D eigenvalue weighted by Gasteiger charge is -2.18. The van der Waals surface area contributed by atoms with E-state index in [-0.39, 0.29) is 11.3 Å². The summed E-state index contributed by atoms with van der Waals surface area (Å²) in [7, 11) is 0. The lowest BCUT2D eigenvalue weighted by molar-refractivity contribution is 0.0932. The first-order valence-electron chi connectivity index (χ1n) is 8.75. The van der Waals surface area contributed by atoms with Crippen molar-refractivity contribution in [1.82, 2.24) is 15.5 Å². The second-order valence-electron chi connectivity index (χ2n) is 7.46. The molecule has 1 aromatic heterocycles. The van der Waals surface area contributed by atoms with Crippen LogP contribution in [0, 0.1) is 0 Å². The molecular formula is C21H22ClN3O2. The van der Waals surface area contributed by atoms with Crippen LogP contribution in [0.5, 0.6) is 0 Å². The van der Waals surface area contributed by atoms with Gasteiger partial charge in [0.15, 0.2) is 0 Å². The summed E-state index contributed by atoms with van der Waals surface area (Å²) in [5, 5.41) is 7.26. The van der Waals surface area contributed by atoms with E-state index in [0.717, 1.165) is 5.56 Å². The zero-order valence-corrected chi connectivity index (χ0v) is 16.5. The molecule has 140 valence electrons. The van der Waals surface area contributed by atoms with Crippen molar-refractivity contribution in [2.75, 3.05) is 0 Å². The number of hydrogen-bond acceptors (Lipinski definition) is 4. The summed E-state index contributed by atoms with van der Waals surface area (Å²) in [6, 6.07) is 14.5. The second-order valence-corrected chi connectivity index (χ2v) is 7.87. The van der Waals surface area contributed by atoms with Gasteiger partial charge < -0.3 is 9.84 Å². The quantitative estimate of drug-likeness (QED) is 0.674. The van der Waals surface area contributed by atoms with Crippen molar-refractivity contribution in [3.8, 4) is 11.4 Å². The molecule has 3 rings (SSSR count). The van der Waals surface area contributed by atoms with Crippen LogP contribution in [0.25, 0.3) is 11.4 Å². The summed E-state index contributed by atoms with van der Waals surface area (Å²) in [5.41, 5.74) is 2.58. The van der Waals surface area contributed by atoms with Gasteiger partial charge in [0.25, 0.3) is 5.91 Å². The third-order valence-electron chi connectivity index (χ3n) is 4.29. The van der Waals surface area contributed by atoms with Crippen molar-refractivity contribution in [2.24, 2.45) is 0 Å². The minimum Gasteiger partial charge on any atom is -0.340 e. The highest BCUT2D eigenvalue weighted by molar-refractivity contribution is 6.33. The first kappa shape index (κ1) is 19.1. The Balaban J connectivity index is 1.73. The summed E-state index contributed by atoms with van der Waals surface area (Å²) >= 11 is 6.07. The molecule has 0 saturated carbocycles. The molecule has 6 heteroatoms. The van der Waals surface area contributed by atoms with Gasteiger partial charge in [-0.15, -0.1) is 0 Å². The SMILES string of the molecule is C[C@@H](NC(=O)c1ccccc1Cl)c1nc(-c2ccc(C(C)(C)C)cc2)no1. The van der Waals surface area contributed by atoms with Crippen LogP contribution in [-0.4, -0.2) is 16.0 Å². The number of nitrogens with one attached hydrogen (secondary N) is 1. The van der Waals surface area contributed by atoms with Gasteiger partial charge in [0.2, 0.25) is 11.7 Å². The van der Waals surface area contributed by atoms with Crippen molar-refractivity contribution in [3.05, 3.63) is 70.6 Å². The number of rotatable bonds is 4. The van der Waals surface area contributed by atoms with Gasteiger partial charge in [0.05, 0.1) is 10.6 Å². The van der Waals surface area contributed by atoms with Gasteiger partial charge in [-0.05, 0) is 30.0 Å². The Kier molecular flexibility index (Phi) is 5.33. The van der Waals surface area contributed by atoms with Gasteiger partial charge in [0, 0.05) is 5.56 Å². The standard InChI is InChI=1S/C21H22ClN3O2/c1-13(23-19(26)16-7-5-6-8-17(16)22)20-24-18(25-27-20)14-9-11-15(12-10-14)21(2,3)4/h5-13H,1-4H3,(H,23,26)/t13-/m1/s1. The molecule has 0 bridgehead atoms. The maximum atomic E-state index is 12.4. The average molecular weight is 384 g/mol. The molecular weight excluding hydrogens is 362 g/mol. The second kappa shape index (κ2) is 7.53. The molecule has 0 saturated heterocycles. The molecule has 3 aromatic rings. The summed E-state index contributed by atoms with van der Waals surface area (Å²) in [4.78, 5) is 16.8. The number of aromatic nitrogens is 2. The monoisotopic (exact) mass is 383 g/mol. The number of carbonyl (C=O) groups excluding carboxylic acids is 1. The third kappa shape index (κ3) is 4.37. The third-order valence-corrected chi connectivity index (χ3v) is 4.62. The van der Waals surface area contributed by atoms with E-state index in [0.29, 0.717) is 22.3 Å². The maximum absolute atomic E-state index is 12.4. The Hall–Kier alpha value is -2.66. The minimum absolute atomic E-state index is 0.0818. The van der Waals surface area contributed by atoms with Crippen LogP contribution in [0.1, 0.15) is 55.5 Å². The molecule has 0 aliphatic heterocycles. The highest BCUT2D eigenvalue weighted by Gasteiger charge is 2.20. The van der Waals surface area contributed by atoms with Crippen molar-refractivity contribution < 1.29 is 9.32 Å². The molecule has 1 amide bonds. The molecule has 0 unspecified atom stereocenters. The Bertz CT molecular complexity index is 943. The number of nitrogens with zero attached hydrogens (tertiary/aromatic N) is 2. The number of amides is 1. The summed E-state index contributed by atoms with van der Waals surface area (Å²) in [6.45, 7) is 8.28. The van der Waals surface area contributed by atoms with E-state index >= 15 is 0 Å². The van der Waals surface area contributed by atoms with Gasteiger partial charge >= 0.3 is 0 Å².